The van der Waals surface area contributed by atoms with E-state index in [1.54, 1.807) is 26.2 Å². The number of rotatable bonds is 6. The van der Waals surface area contributed by atoms with Gasteiger partial charge in [0.15, 0.2) is 0 Å². The van der Waals surface area contributed by atoms with Crippen molar-refractivity contribution in [2.24, 2.45) is 0 Å². The first-order chi connectivity index (χ1) is 10.6. The number of amides is 1. The normalized spacial score (nSPS) is 10.1. The van der Waals surface area contributed by atoms with Gasteiger partial charge in [0.25, 0.3) is 0 Å². The number of anilines is 3. The first-order valence-electron chi connectivity index (χ1n) is 7.06. The molecular formula is C16H20N4O2. The van der Waals surface area contributed by atoms with Crippen LogP contribution in [-0.4, -0.2) is 18.0 Å². The molecule has 2 aromatic rings. The third-order valence-corrected chi connectivity index (χ3v) is 3.17. The van der Waals surface area contributed by atoms with Gasteiger partial charge < -0.3 is 21.1 Å². The fourth-order valence-corrected chi connectivity index (χ4v) is 1.95. The first kappa shape index (κ1) is 15.6. The zero-order chi connectivity index (χ0) is 15.9. The van der Waals surface area contributed by atoms with Gasteiger partial charge in [-0.25, -0.2) is 4.98 Å². The predicted molar refractivity (Wildman–Crippen MR) is 87.9 cm³/mol. The number of carbonyl (C=O) groups excluding carboxylic acids is 1. The Morgan fingerprint density at radius 2 is 2.05 bits per heavy atom. The Balaban J connectivity index is 2.05. The molecule has 0 aliphatic rings. The van der Waals surface area contributed by atoms with Crippen LogP contribution in [0.1, 0.15) is 18.9 Å². The van der Waals surface area contributed by atoms with Crippen LogP contribution in [0.5, 0.6) is 5.75 Å². The van der Waals surface area contributed by atoms with E-state index in [0.29, 0.717) is 24.5 Å². The second-order valence-corrected chi connectivity index (χ2v) is 4.70. The lowest BCUT2D eigenvalue weighted by molar-refractivity contribution is -0.115. The van der Waals surface area contributed by atoms with E-state index in [-0.39, 0.29) is 11.7 Å². The molecule has 6 heteroatoms. The van der Waals surface area contributed by atoms with Gasteiger partial charge in [-0.1, -0.05) is 25.1 Å². The highest BCUT2D eigenvalue weighted by Gasteiger charge is 2.06. The molecule has 0 saturated carbocycles. The summed E-state index contributed by atoms with van der Waals surface area (Å²) in [5.41, 5.74) is 7.40. The third kappa shape index (κ3) is 3.88. The fourth-order valence-electron chi connectivity index (χ4n) is 1.95. The summed E-state index contributed by atoms with van der Waals surface area (Å²) < 4.78 is 5.30. The molecule has 1 aromatic carbocycles. The minimum atomic E-state index is -0.0942. The Bertz CT molecular complexity index is 658. The lowest BCUT2D eigenvalue weighted by atomic mass is 10.2. The lowest BCUT2D eigenvalue weighted by Gasteiger charge is -2.12. The maximum absolute atomic E-state index is 11.4. The highest BCUT2D eigenvalue weighted by molar-refractivity contribution is 5.93. The number of para-hydroxylation sites is 1. The van der Waals surface area contributed by atoms with Crippen molar-refractivity contribution in [3.63, 3.8) is 0 Å². The maximum atomic E-state index is 11.4. The van der Waals surface area contributed by atoms with Gasteiger partial charge in [0.2, 0.25) is 5.91 Å². The highest BCUT2D eigenvalue weighted by atomic mass is 16.5. The zero-order valence-corrected chi connectivity index (χ0v) is 12.7. The van der Waals surface area contributed by atoms with Crippen LogP contribution in [0.4, 0.5) is 17.3 Å². The Morgan fingerprint density at radius 1 is 1.27 bits per heavy atom. The van der Waals surface area contributed by atoms with Crippen LogP contribution in [0, 0.1) is 0 Å². The molecule has 1 aromatic heterocycles. The number of nitrogen functional groups attached to an aromatic ring is 1. The zero-order valence-electron chi connectivity index (χ0n) is 12.7. The Kier molecular flexibility index (Phi) is 5.19. The van der Waals surface area contributed by atoms with Crippen molar-refractivity contribution in [2.45, 2.75) is 19.9 Å². The fraction of sp³-hybridized carbons (Fsp3) is 0.250. The van der Waals surface area contributed by atoms with Gasteiger partial charge in [-0.05, 0) is 18.2 Å². The van der Waals surface area contributed by atoms with Crippen LogP contribution < -0.4 is 21.1 Å². The summed E-state index contributed by atoms with van der Waals surface area (Å²) >= 11 is 0. The van der Waals surface area contributed by atoms with Gasteiger partial charge in [-0.2, -0.15) is 0 Å². The first-order valence-corrected chi connectivity index (χ1v) is 7.06. The minimum absolute atomic E-state index is 0.0942. The summed E-state index contributed by atoms with van der Waals surface area (Å²) in [4.78, 5) is 15.6. The summed E-state index contributed by atoms with van der Waals surface area (Å²) in [7, 11) is 1.64. The highest BCUT2D eigenvalue weighted by Crippen LogP contribution is 2.21. The van der Waals surface area contributed by atoms with Crippen LogP contribution in [0.15, 0.2) is 36.4 Å². The van der Waals surface area contributed by atoms with E-state index in [9.17, 15) is 4.79 Å². The van der Waals surface area contributed by atoms with Gasteiger partial charge in [-0.3, -0.25) is 4.79 Å². The molecule has 1 heterocycles. The number of carbonyl (C=O) groups is 1. The number of aromatic nitrogens is 1. The molecule has 2 rings (SSSR count). The molecule has 116 valence electrons. The van der Waals surface area contributed by atoms with Gasteiger partial charge in [0, 0.05) is 18.5 Å². The maximum Gasteiger partial charge on any atom is 0.224 e. The number of pyridine rings is 1. The predicted octanol–water partition coefficient (Wildman–Crippen LogP) is 2.63. The number of hydrogen-bond acceptors (Lipinski definition) is 5. The number of nitrogens with zero attached hydrogens (tertiary/aromatic N) is 1. The van der Waals surface area contributed by atoms with Crippen molar-refractivity contribution in [1.82, 2.24) is 4.98 Å². The summed E-state index contributed by atoms with van der Waals surface area (Å²) in [6.07, 6.45) is 0.396. The summed E-state index contributed by atoms with van der Waals surface area (Å²) in [5.74, 6) is 1.64. The van der Waals surface area contributed by atoms with Crippen LogP contribution in [0.3, 0.4) is 0 Å². The van der Waals surface area contributed by atoms with Crippen LogP contribution in [0.2, 0.25) is 0 Å². The Morgan fingerprint density at radius 3 is 2.73 bits per heavy atom. The van der Waals surface area contributed by atoms with Crippen LogP contribution >= 0.6 is 0 Å². The molecule has 0 atom stereocenters. The quantitative estimate of drug-likeness (QED) is 0.763. The monoisotopic (exact) mass is 300 g/mol. The SMILES string of the molecule is CCC(=O)Nc1ccc(NCc2ccccc2OC)nc1N. The molecule has 0 saturated heterocycles. The minimum Gasteiger partial charge on any atom is -0.496 e. The summed E-state index contributed by atoms with van der Waals surface area (Å²) in [6.45, 7) is 2.35. The number of ether oxygens (including phenoxy) is 1. The van der Waals surface area contributed by atoms with Gasteiger partial charge >= 0.3 is 0 Å². The Labute approximate surface area is 129 Å². The van der Waals surface area contributed by atoms with Gasteiger partial charge in [-0.15, -0.1) is 0 Å². The topological polar surface area (TPSA) is 89.3 Å². The molecular weight excluding hydrogens is 280 g/mol. The van der Waals surface area contributed by atoms with Crippen molar-refractivity contribution in [1.29, 1.82) is 0 Å². The Hall–Kier alpha value is -2.76. The number of nitrogens with two attached hydrogens (primary N) is 1. The van der Waals surface area contributed by atoms with E-state index >= 15 is 0 Å². The van der Waals surface area contributed by atoms with E-state index in [0.717, 1.165) is 11.3 Å². The third-order valence-electron chi connectivity index (χ3n) is 3.17. The van der Waals surface area contributed by atoms with Crippen molar-refractivity contribution >= 4 is 23.2 Å². The molecule has 4 N–H and O–H groups in total. The molecule has 0 radical (unpaired) electrons. The molecule has 0 aliphatic carbocycles. The van der Waals surface area contributed by atoms with E-state index in [4.69, 9.17) is 10.5 Å². The van der Waals surface area contributed by atoms with Crippen molar-refractivity contribution in [3.8, 4) is 5.75 Å². The van der Waals surface area contributed by atoms with Crippen molar-refractivity contribution < 1.29 is 9.53 Å². The van der Waals surface area contributed by atoms with E-state index in [2.05, 4.69) is 15.6 Å². The largest absolute Gasteiger partial charge is 0.496 e. The van der Waals surface area contributed by atoms with Crippen molar-refractivity contribution in [3.05, 3.63) is 42.0 Å². The molecule has 0 fully saturated rings. The molecule has 0 bridgehead atoms. The number of benzene rings is 1. The molecule has 6 nitrogen and oxygen atoms in total. The van der Waals surface area contributed by atoms with Crippen LogP contribution in [-0.2, 0) is 11.3 Å². The lowest BCUT2D eigenvalue weighted by Crippen LogP contribution is -2.12. The number of methoxy groups -OCH3 is 1. The number of nitrogens with one attached hydrogen (secondary N) is 2. The summed E-state index contributed by atoms with van der Waals surface area (Å²) in [6, 6.07) is 11.3. The van der Waals surface area contributed by atoms with Gasteiger partial charge in [0.05, 0.1) is 12.8 Å². The summed E-state index contributed by atoms with van der Waals surface area (Å²) in [5, 5.41) is 5.89. The van der Waals surface area contributed by atoms with Crippen LogP contribution in [0.25, 0.3) is 0 Å². The molecule has 0 aliphatic heterocycles. The van der Waals surface area contributed by atoms with Crippen molar-refractivity contribution in [2.75, 3.05) is 23.5 Å². The molecule has 22 heavy (non-hydrogen) atoms. The average Bonchev–Trinajstić information content (AvgIpc) is 2.55. The molecule has 0 unspecified atom stereocenters. The van der Waals surface area contributed by atoms with E-state index in [1.165, 1.54) is 0 Å². The van der Waals surface area contributed by atoms with E-state index < -0.39 is 0 Å². The number of hydrogen-bond donors (Lipinski definition) is 3. The smallest absolute Gasteiger partial charge is 0.224 e. The second-order valence-electron chi connectivity index (χ2n) is 4.70. The van der Waals surface area contributed by atoms with E-state index in [1.807, 2.05) is 24.3 Å². The second kappa shape index (κ2) is 7.31. The standard InChI is InChI=1S/C16H20N4O2/c1-3-15(21)19-12-8-9-14(20-16(12)17)18-10-11-6-4-5-7-13(11)22-2/h4-9H,3,10H2,1-2H3,(H,19,21)(H3,17,18,20). The van der Waals surface area contributed by atoms with Gasteiger partial charge in [0.1, 0.15) is 17.4 Å². The molecule has 1 amide bonds. The molecule has 0 spiro atoms. The average molecular weight is 300 g/mol.